The van der Waals surface area contributed by atoms with Crippen LogP contribution in [0.25, 0.3) is 10.2 Å². The van der Waals surface area contributed by atoms with Gasteiger partial charge in [0.1, 0.15) is 0 Å². The maximum absolute atomic E-state index is 12.5. The van der Waals surface area contributed by atoms with Gasteiger partial charge in [-0.15, -0.1) is 23.7 Å². The van der Waals surface area contributed by atoms with Gasteiger partial charge >= 0.3 is 0 Å². The third kappa shape index (κ3) is 3.97. The molecule has 3 rings (SSSR count). The Morgan fingerprint density at radius 2 is 2.17 bits per heavy atom. The van der Waals surface area contributed by atoms with Crippen LogP contribution in [0.2, 0.25) is 0 Å². The zero-order valence-corrected chi connectivity index (χ0v) is 14.5. The number of halogens is 1. The average Bonchev–Trinajstić information content (AvgIpc) is 2.91. The summed E-state index contributed by atoms with van der Waals surface area (Å²) in [4.78, 5) is 14.3. The molecule has 2 aromatic rings. The van der Waals surface area contributed by atoms with Crippen molar-refractivity contribution >= 4 is 49.5 Å². The molecule has 23 heavy (non-hydrogen) atoms. The number of piperidine rings is 1. The Morgan fingerprint density at radius 3 is 2.83 bits per heavy atom. The van der Waals surface area contributed by atoms with Crippen molar-refractivity contribution in [2.75, 3.05) is 12.3 Å². The van der Waals surface area contributed by atoms with Crippen LogP contribution >= 0.6 is 23.7 Å². The molecule has 7 nitrogen and oxygen atoms in total. The number of sulfone groups is 1. The van der Waals surface area contributed by atoms with Crippen molar-refractivity contribution < 1.29 is 13.3 Å². The minimum atomic E-state index is -3.48. The zero-order chi connectivity index (χ0) is 15.7. The third-order valence-corrected chi connectivity index (χ3v) is 6.97. The lowest BCUT2D eigenvalue weighted by Crippen LogP contribution is -2.39. The third-order valence-electron chi connectivity index (χ3n) is 3.66. The van der Waals surface area contributed by atoms with Gasteiger partial charge in [-0.05, 0) is 25.5 Å². The molecule has 1 saturated heterocycles. The highest BCUT2D eigenvalue weighted by atomic mass is 35.5. The molecule has 1 aromatic heterocycles. The molecule has 2 heterocycles. The monoisotopic (exact) mass is 377 g/mol. The highest BCUT2D eigenvalue weighted by molar-refractivity contribution is 7.93. The smallest absolute Gasteiger partial charge is 0.271 e. The Balaban J connectivity index is 0.00000192. The molecule has 1 unspecified atom stereocenters. The van der Waals surface area contributed by atoms with Gasteiger partial charge in [0.2, 0.25) is 14.2 Å². The van der Waals surface area contributed by atoms with Crippen LogP contribution in [0, 0.1) is 10.1 Å². The summed E-state index contributed by atoms with van der Waals surface area (Å²) >= 11 is 1.06. The molecular weight excluding hydrogens is 362 g/mol. The first-order valence-corrected chi connectivity index (χ1v) is 9.44. The van der Waals surface area contributed by atoms with Crippen molar-refractivity contribution in [2.24, 2.45) is 0 Å². The number of non-ortho nitro benzene ring substituents is 1. The second kappa shape index (κ2) is 7.08. The van der Waals surface area contributed by atoms with Crippen LogP contribution in [-0.4, -0.2) is 36.7 Å². The number of nitro benzene ring substituents is 1. The summed E-state index contributed by atoms with van der Waals surface area (Å²) in [7, 11) is -3.48. The maximum atomic E-state index is 12.5. The lowest BCUT2D eigenvalue weighted by Gasteiger charge is -2.22. The summed E-state index contributed by atoms with van der Waals surface area (Å²) in [6.45, 7) is 0.840. The predicted octanol–water partition coefficient (Wildman–Crippen LogP) is 2.54. The lowest BCUT2D eigenvalue weighted by atomic mass is 10.1. The van der Waals surface area contributed by atoms with Crippen molar-refractivity contribution in [3.05, 3.63) is 28.3 Å². The number of hydrogen-bond acceptors (Lipinski definition) is 7. The highest BCUT2D eigenvalue weighted by Crippen LogP contribution is 2.29. The molecule has 0 aliphatic carbocycles. The summed E-state index contributed by atoms with van der Waals surface area (Å²) in [5, 5.41) is 14.0. The summed E-state index contributed by atoms with van der Waals surface area (Å²) < 4.78 is 25.6. The van der Waals surface area contributed by atoms with Gasteiger partial charge in [-0.2, -0.15) is 0 Å². The van der Waals surface area contributed by atoms with Crippen LogP contribution in [0.1, 0.15) is 19.3 Å². The standard InChI is InChI=1S/C13H15N3O4S2.ClH/c17-16(18)10-4-5-12-11(7-10)15-13(21-12)22(19,20)8-9-3-1-2-6-14-9;/h4-5,7,9,14H,1-3,6,8H2;1H. The van der Waals surface area contributed by atoms with Gasteiger partial charge in [-0.25, -0.2) is 13.4 Å². The van der Waals surface area contributed by atoms with E-state index in [-0.39, 0.29) is 34.2 Å². The van der Waals surface area contributed by atoms with Gasteiger partial charge in [0, 0.05) is 18.2 Å². The first-order chi connectivity index (χ1) is 10.5. The average molecular weight is 378 g/mol. The molecule has 126 valence electrons. The quantitative estimate of drug-likeness (QED) is 0.648. The SMILES string of the molecule is Cl.O=[N+]([O-])c1ccc2sc(S(=O)(=O)CC3CCCCN3)nc2c1. The van der Waals surface area contributed by atoms with Crippen molar-refractivity contribution in [3.63, 3.8) is 0 Å². The molecule has 1 aliphatic rings. The highest BCUT2D eigenvalue weighted by Gasteiger charge is 2.26. The van der Waals surface area contributed by atoms with E-state index in [9.17, 15) is 18.5 Å². The first kappa shape index (κ1) is 18.1. The van der Waals surface area contributed by atoms with E-state index in [0.29, 0.717) is 10.2 Å². The van der Waals surface area contributed by atoms with Gasteiger partial charge in [0.05, 0.1) is 20.9 Å². The fourth-order valence-corrected chi connectivity index (χ4v) is 5.40. The van der Waals surface area contributed by atoms with E-state index in [0.717, 1.165) is 37.1 Å². The lowest BCUT2D eigenvalue weighted by molar-refractivity contribution is -0.384. The molecule has 0 amide bonds. The number of nitro groups is 1. The largest absolute Gasteiger partial charge is 0.313 e. The molecule has 0 spiro atoms. The minimum Gasteiger partial charge on any atom is -0.313 e. The van der Waals surface area contributed by atoms with Crippen molar-refractivity contribution in [2.45, 2.75) is 29.6 Å². The Bertz CT molecular complexity index is 816. The number of nitrogens with zero attached hydrogens (tertiary/aromatic N) is 2. The van der Waals surface area contributed by atoms with E-state index in [2.05, 4.69) is 10.3 Å². The number of fused-ring (bicyclic) bond motifs is 1. The van der Waals surface area contributed by atoms with E-state index >= 15 is 0 Å². The molecule has 10 heteroatoms. The van der Waals surface area contributed by atoms with Crippen LogP contribution in [0.4, 0.5) is 5.69 Å². The molecule has 1 aromatic carbocycles. The molecule has 1 aliphatic heterocycles. The Labute approximate surface area is 143 Å². The molecule has 0 bridgehead atoms. The van der Waals surface area contributed by atoms with E-state index < -0.39 is 14.8 Å². The Kier molecular flexibility index (Phi) is 5.56. The number of nitrogens with one attached hydrogen (secondary N) is 1. The van der Waals surface area contributed by atoms with Gasteiger partial charge in [0.25, 0.3) is 5.69 Å². The fourth-order valence-electron chi connectivity index (χ4n) is 2.54. The number of thiazole rings is 1. The summed E-state index contributed by atoms with van der Waals surface area (Å²) in [6, 6.07) is 4.17. The van der Waals surface area contributed by atoms with Gasteiger partial charge < -0.3 is 5.32 Å². The predicted molar refractivity (Wildman–Crippen MR) is 91.2 cm³/mol. The number of hydrogen-bond donors (Lipinski definition) is 1. The summed E-state index contributed by atoms with van der Waals surface area (Å²) in [5.41, 5.74) is 0.269. The topological polar surface area (TPSA) is 102 Å². The maximum Gasteiger partial charge on any atom is 0.271 e. The minimum absolute atomic E-state index is 0. The second-order valence-corrected chi connectivity index (χ2v) is 8.56. The Morgan fingerprint density at radius 1 is 1.39 bits per heavy atom. The molecule has 1 fully saturated rings. The van der Waals surface area contributed by atoms with Crippen LogP contribution in [-0.2, 0) is 9.84 Å². The van der Waals surface area contributed by atoms with Gasteiger partial charge in [-0.1, -0.05) is 6.42 Å². The molecule has 0 saturated carbocycles. The van der Waals surface area contributed by atoms with E-state index in [4.69, 9.17) is 0 Å². The summed E-state index contributed by atoms with van der Waals surface area (Å²) in [6.07, 6.45) is 2.94. The van der Waals surface area contributed by atoms with E-state index in [1.807, 2.05) is 0 Å². The van der Waals surface area contributed by atoms with E-state index in [1.54, 1.807) is 6.07 Å². The van der Waals surface area contributed by atoms with Gasteiger partial charge in [-0.3, -0.25) is 10.1 Å². The second-order valence-electron chi connectivity index (χ2n) is 5.32. The zero-order valence-electron chi connectivity index (χ0n) is 12.1. The van der Waals surface area contributed by atoms with Gasteiger partial charge in [0.15, 0.2) is 0 Å². The van der Waals surface area contributed by atoms with Crippen LogP contribution in [0.3, 0.4) is 0 Å². The number of benzene rings is 1. The normalized spacial score (nSPS) is 18.5. The van der Waals surface area contributed by atoms with Crippen molar-refractivity contribution in [3.8, 4) is 0 Å². The molecular formula is C13H16ClN3O4S2. The fraction of sp³-hybridized carbons (Fsp3) is 0.462. The number of rotatable bonds is 4. The molecule has 1 N–H and O–H groups in total. The summed E-state index contributed by atoms with van der Waals surface area (Å²) in [5.74, 6) is 0.0227. The number of aromatic nitrogens is 1. The van der Waals surface area contributed by atoms with E-state index in [1.165, 1.54) is 12.1 Å². The van der Waals surface area contributed by atoms with Crippen LogP contribution < -0.4 is 5.32 Å². The molecule has 0 radical (unpaired) electrons. The van der Waals surface area contributed by atoms with Crippen molar-refractivity contribution in [1.29, 1.82) is 0 Å². The van der Waals surface area contributed by atoms with Crippen LogP contribution in [0.15, 0.2) is 22.5 Å². The first-order valence-electron chi connectivity index (χ1n) is 6.97. The Hall–Kier alpha value is -1.29. The van der Waals surface area contributed by atoms with Crippen molar-refractivity contribution in [1.82, 2.24) is 10.3 Å². The van der Waals surface area contributed by atoms with Crippen LogP contribution in [0.5, 0.6) is 0 Å². The molecule has 1 atom stereocenters.